The highest BCUT2D eigenvalue weighted by Crippen LogP contribution is 2.15. The maximum atomic E-state index is 11.9. The Labute approximate surface area is 177 Å². The highest BCUT2D eigenvalue weighted by Gasteiger charge is 2.08. The molecule has 4 heteroatoms. The van der Waals surface area contributed by atoms with Crippen LogP contribution in [-0.4, -0.2) is 18.5 Å². The second-order valence-electron chi connectivity index (χ2n) is 7.73. The van der Waals surface area contributed by atoms with Crippen molar-refractivity contribution in [1.82, 2.24) is 0 Å². The summed E-state index contributed by atoms with van der Waals surface area (Å²) in [5.74, 6) is 0.0420. The van der Waals surface area contributed by atoms with Crippen molar-refractivity contribution in [2.45, 2.75) is 104 Å². The molecule has 0 atom stereocenters. The summed E-state index contributed by atoms with van der Waals surface area (Å²) in [4.78, 5) is 23.6. The third-order valence-corrected chi connectivity index (χ3v) is 5.06. The van der Waals surface area contributed by atoms with Crippen molar-refractivity contribution in [2.24, 2.45) is 0 Å². The van der Waals surface area contributed by atoms with Crippen LogP contribution in [0.4, 0.5) is 0 Å². The number of carbonyl (C=O) groups is 2. The molecule has 0 amide bonds. The first-order valence-electron chi connectivity index (χ1n) is 11.6. The Bertz CT molecular complexity index is 568. The van der Waals surface area contributed by atoms with Crippen LogP contribution in [-0.2, 0) is 20.7 Å². The van der Waals surface area contributed by atoms with Gasteiger partial charge in [-0.3, -0.25) is 9.59 Å². The Morgan fingerprint density at radius 2 is 1.38 bits per heavy atom. The molecule has 1 rings (SSSR count). The van der Waals surface area contributed by atoms with E-state index in [-0.39, 0.29) is 24.8 Å². The molecule has 0 unspecified atom stereocenters. The highest BCUT2D eigenvalue weighted by molar-refractivity contribution is 5.74. The third-order valence-electron chi connectivity index (χ3n) is 5.06. The molecule has 0 heterocycles. The van der Waals surface area contributed by atoms with Crippen LogP contribution in [0.2, 0.25) is 0 Å². The molecule has 0 aliphatic carbocycles. The van der Waals surface area contributed by atoms with E-state index in [1.165, 1.54) is 51.4 Å². The van der Waals surface area contributed by atoms with Crippen molar-refractivity contribution < 1.29 is 19.1 Å². The van der Waals surface area contributed by atoms with E-state index in [9.17, 15) is 9.59 Å². The van der Waals surface area contributed by atoms with Gasteiger partial charge in [-0.15, -0.1) is 0 Å². The molecule has 0 bridgehead atoms. The molecule has 4 nitrogen and oxygen atoms in total. The Hall–Kier alpha value is -1.84. The Morgan fingerprint density at radius 3 is 2.03 bits per heavy atom. The number of hydrogen-bond donors (Lipinski definition) is 0. The van der Waals surface area contributed by atoms with Gasteiger partial charge in [0.2, 0.25) is 0 Å². The number of ether oxygens (including phenoxy) is 2. The monoisotopic (exact) mass is 404 g/mol. The van der Waals surface area contributed by atoms with Crippen LogP contribution in [0.3, 0.4) is 0 Å². The summed E-state index contributed by atoms with van der Waals surface area (Å²) < 4.78 is 10.6. The van der Waals surface area contributed by atoms with E-state index in [4.69, 9.17) is 9.47 Å². The van der Waals surface area contributed by atoms with Crippen LogP contribution in [0, 0.1) is 0 Å². The van der Waals surface area contributed by atoms with Crippen LogP contribution in [0.25, 0.3) is 0 Å². The Morgan fingerprint density at radius 1 is 0.759 bits per heavy atom. The number of aryl methyl sites for hydroxylation is 1. The van der Waals surface area contributed by atoms with E-state index in [2.05, 4.69) is 13.8 Å². The molecule has 0 N–H and O–H groups in total. The van der Waals surface area contributed by atoms with Gasteiger partial charge in [-0.05, 0) is 37.0 Å². The lowest BCUT2D eigenvalue weighted by Gasteiger charge is -2.07. The van der Waals surface area contributed by atoms with Gasteiger partial charge in [-0.2, -0.15) is 0 Å². The second kappa shape index (κ2) is 17.1. The fraction of sp³-hybridized carbons (Fsp3) is 0.680. The van der Waals surface area contributed by atoms with Crippen molar-refractivity contribution >= 4 is 11.9 Å². The molecule has 0 fully saturated rings. The summed E-state index contributed by atoms with van der Waals surface area (Å²) in [7, 11) is 0. The number of carbonyl (C=O) groups excluding carboxylic acids is 2. The molecule has 0 saturated heterocycles. The second-order valence-corrected chi connectivity index (χ2v) is 7.73. The largest absolute Gasteiger partial charge is 0.466 e. The lowest BCUT2D eigenvalue weighted by atomic mass is 10.1. The number of hydrogen-bond acceptors (Lipinski definition) is 4. The summed E-state index contributed by atoms with van der Waals surface area (Å²) in [5.41, 5.74) is 1.13. The van der Waals surface area contributed by atoms with E-state index < -0.39 is 0 Å². The normalized spacial score (nSPS) is 10.7. The molecule has 0 radical (unpaired) electrons. The van der Waals surface area contributed by atoms with Crippen molar-refractivity contribution in [1.29, 1.82) is 0 Å². The maximum absolute atomic E-state index is 11.9. The topological polar surface area (TPSA) is 52.6 Å². The first kappa shape index (κ1) is 25.2. The van der Waals surface area contributed by atoms with E-state index in [1.807, 2.05) is 18.2 Å². The quantitative estimate of drug-likeness (QED) is 0.163. The van der Waals surface area contributed by atoms with Crippen molar-refractivity contribution in [2.75, 3.05) is 6.61 Å². The smallest absolute Gasteiger partial charge is 0.311 e. The number of unbranched alkanes of at least 4 members (excludes halogenated alkanes) is 9. The summed E-state index contributed by atoms with van der Waals surface area (Å²) >= 11 is 0. The van der Waals surface area contributed by atoms with Gasteiger partial charge in [-0.25, -0.2) is 0 Å². The van der Waals surface area contributed by atoms with Crippen molar-refractivity contribution in [3.8, 4) is 5.75 Å². The number of esters is 2. The van der Waals surface area contributed by atoms with Gasteiger partial charge in [0.1, 0.15) is 5.75 Å². The zero-order chi connectivity index (χ0) is 21.2. The predicted octanol–water partition coefficient (Wildman–Crippen LogP) is 6.79. The molecule has 1 aromatic carbocycles. The van der Waals surface area contributed by atoms with Crippen LogP contribution >= 0.6 is 0 Å². The van der Waals surface area contributed by atoms with Crippen molar-refractivity contribution in [3.63, 3.8) is 0 Å². The van der Waals surface area contributed by atoms with Crippen LogP contribution in [0.5, 0.6) is 5.75 Å². The van der Waals surface area contributed by atoms with E-state index in [1.54, 1.807) is 6.07 Å². The summed E-state index contributed by atoms with van der Waals surface area (Å²) in [6.45, 7) is 4.79. The van der Waals surface area contributed by atoms with Crippen molar-refractivity contribution in [3.05, 3.63) is 29.8 Å². The first-order chi connectivity index (χ1) is 14.2. The lowest BCUT2D eigenvalue weighted by molar-refractivity contribution is -0.144. The summed E-state index contributed by atoms with van der Waals surface area (Å²) in [6.07, 6.45) is 14.5. The molecular weight excluding hydrogens is 364 g/mol. The summed E-state index contributed by atoms with van der Waals surface area (Å²) in [5, 5.41) is 0. The molecule has 0 aliphatic rings. The van der Waals surface area contributed by atoms with Crippen LogP contribution < -0.4 is 4.74 Å². The molecule has 1 aromatic rings. The van der Waals surface area contributed by atoms with E-state index in [0.717, 1.165) is 24.8 Å². The van der Waals surface area contributed by atoms with Gasteiger partial charge in [0.25, 0.3) is 0 Å². The zero-order valence-corrected chi connectivity index (χ0v) is 18.5. The highest BCUT2D eigenvalue weighted by atomic mass is 16.5. The van der Waals surface area contributed by atoms with Gasteiger partial charge in [-0.1, -0.05) is 83.8 Å². The lowest BCUT2D eigenvalue weighted by Crippen LogP contribution is -2.10. The molecule has 0 saturated carbocycles. The zero-order valence-electron chi connectivity index (χ0n) is 18.5. The Balaban J connectivity index is 1.95. The SMILES string of the molecule is CCCCCCCCCCCCOC(=O)CCCC(=O)Oc1cccc(CC)c1. The molecular formula is C25H40O4. The molecule has 0 aromatic heterocycles. The first-order valence-corrected chi connectivity index (χ1v) is 11.6. The fourth-order valence-corrected chi connectivity index (χ4v) is 3.24. The fourth-order valence-electron chi connectivity index (χ4n) is 3.24. The molecule has 0 aliphatic heterocycles. The number of rotatable bonds is 17. The minimum atomic E-state index is -0.305. The molecule has 164 valence electrons. The third kappa shape index (κ3) is 13.9. The van der Waals surface area contributed by atoms with Crippen LogP contribution in [0.15, 0.2) is 24.3 Å². The standard InChI is InChI=1S/C25H40O4/c1-3-5-6-7-8-9-10-11-12-13-20-28-24(26)18-15-19-25(27)29-23-17-14-16-22(4-2)21-23/h14,16-17,21H,3-13,15,18-20H2,1-2H3. The van der Waals surface area contributed by atoms with E-state index >= 15 is 0 Å². The van der Waals surface area contributed by atoms with Gasteiger partial charge < -0.3 is 9.47 Å². The average molecular weight is 405 g/mol. The van der Waals surface area contributed by atoms with Gasteiger partial charge in [0.05, 0.1) is 6.61 Å². The van der Waals surface area contributed by atoms with Gasteiger partial charge in [0.15, 0.2) is 0 Å². The molecule has 0 spiro atoms. The van der Waals surface area contributed by atoms with Gasteiger partial charge in [0, 0.05) is 12.8 Å². The minimum Gasteiger partial charge on any atom is -0.466 e. The maximum Gasteiger partial charge on any atom is 0.311 e. The Kier molecular flexibility index (Phi) is 14.8. The average Bonchev–Trinajstić information content (AvgIpc) is 2.72. The summed E-state index contributed by atoms with van der Waals surface area (Å²) in [6, 6.07) is 7.53. The predicted molar refractivity (Wildman–Crippen MR) is 118 cm³/mol. The minimum absolute atomic E-state index is 0.221. The van der Waals surface area contributed by atoms with E-state index in [0.29, 0.717) is 18.8 Å². The molecule has 29 heavy (non-hydrogen) atoms. The van der Waals surface area contributed by atoms with Gasteiger partial charge >= 0.3 is 11.9 Å². The number of benzene rings is 1. The van der Waals surface area contributed by atoms with Crippen LogP contribution in [0.1, 0.15) is 103 Å².